The Morgan fingerprint density at radius 1 is 1.11 bits per heavy atom. The van der Waals surface area contributed by atoms with E-state index >= 15 is 0 Å². The number of hydrogen-bond donors (Lipinski definition) is 1. The maximum absolute atomic E-state index is 14.0. The maximum Gasteiger partial charge on any atom is 0.417 e. The van der Waals surface area contributed by atoms with Crippen LogP contribution in [0.25, 0.3) is 22.3 Å². The summed E-state index contributed by atoms with van der Waals surface area (Å²) in [5.74, 6) is 0.353. The van der Waals surface area contributed by atoms with Crippen LogP contribution in [0.1, 0.15) is 11.1 Å². The quantitative estimate of drug-likeness (QED) is 0.444. The van der Waals surface area contributed by atoms with Crippen molar-refractivity contribution < 1.29 is 32.2 Å². The third-order valence-corrected chi connectivity index (χ3v) is 5.40. The highest BCUT2D eigenvalue weighted by Gasteiger charge is 2.36. The number of nitrogens with zero attached hydrogens (tertiary/aromatic N) is 3. The van der Waals surface area contributed by atoms with Crippen LogP contribution < -0.4 is 19.5 Å². The SMILES string of the molecule is Cn1nc(-c2ccccc2)c2c(C(F)(F)F)cc(OCC(=O)NCc3ccc4c(c3)OCO4)nc21. The van der Waals surface area contributed by atoms with Crippen molar-refractivity contribution in [2.75, 3.05) is 13.4 Å². The summed E-state index contributed by atoms with van der Waals surface area (Å²) in [6.45, 7) is -0.190. The Morgan fingerprint density at radius 3 is 2.66 bits per heavy atom. The molecule has 3 heterocycles. The van der Waals surface area contributed by atoms with Crippen LogP contribution in [0, 0.1) is 0 Å². The molecule has 0 saturated heterocycles. The second-order valence-corrected chi connectivity index (χ2v) is 7.80. The van der Waals surface area contributed by atoms with Crippen LogP contribution in [-0.4, -0.2) is 34.1 Å². The van der Waals surface area contributed by atoms with Crippen LogP contribution in [-0.2, 0) is 24.6 Å². The molecule has 1 aliphatic heterocycles. The number of pyridine rings is 1. The van der Waals surface area contributed by atoms with Crippen molar-refractivity contribution in [1.82, 2.24) is 20.1 Å². The number of aromatic nitrogens is 3. The van der Waals surface area contributed by atoms with Gasteiger partial charge in [-0.05, 0) is 17.7 Å². The third kappa shape index (κ3) is 4.57. The molecule has 180 valence electrons. The Bertz CT molecular complexity index is 1400. The average Bonchev–Trinajstić information content (AvgIpc) is 3.45. The first-order valence-corrected chi connectivity index (χ1v) is 10.6. The minimum absolute atomic E-state index is 0.00514. The van der Waals surface area contributed by atoms with Gasteiger partial charge in [0.1, 0.15) is 5.69 Å². The number of carbonyl (C=O) groups excluding carboxylic acids is 1. The summed E-state index contributed by atoms with van der Waals surface area (Å²) in [7, 11) is 1.50. The van der Waals surface area contributed by atoms with E-state index in [-0.39, 0.29) is 35.9 Å². The van der Waals surface area contributed by atoms with Crippen molar-refractivity contribution in [2.24, 2.45) is 7.05 Å². The molecule has 0 bridgehead atoms. The van der Waals surface area contributed by atoms with E-state index in [2.05, 4.69) is 15.4 Å². The summed E-state index contributed by atoms with van der Waals surface area (Å²) in [5.41, 5.74) is 0.516. The lowest BCUT2D eigenvalue weighted by atomic mass is 10.0. The largest absolute Gasteiger partial charge is 0.467 e. The fraction of sp³-hybridized carbons (Fsp3) is 0.208. The van der Waals surface area contributed by atoms with E-state index in [1.54, 1.807) is 48.5 Å². The van der Waals surface area contributed by atoms with E-state index in [1.807, 2.05) is 0 Å². The van der Waals surface area contributed by atoms with Crippen LogP contribution >= 0.6 is 0 Å². The Hall–Kier alpha value is -4.28. The molecule has 35 heavy (non-hydrogen) atoms. The van der Waals surface area contributed by atoms with E-state index in [9.17, 15) is 18.0 Å². The van der Waals surface area contributed by atoms with Crippen molar-refractivity contribution in [3.63, 3.8) is 0 Å². The van der Waals surface area contributed by atoms with Crippen molar-refractivity contribution in [3.8, 4) is 28.6 Å². The number of hydrogen-bond acceptors (Lipinski definition) is 6. The van der Waals surface area contributed by atoms with Crippen molar-refractivity contribution in [1.29, 1.82) is 0 Å². The molecular formula is C24H19F3N4O4. The summed E-state index contributed by atoms with van der Waals surface area (Å²) in [6, 6.07) is 14.6. The van der Waals surface area contributed by atoms with Gasteiger partial charge in [0.05, 0.1) is 10.9 Å². The Balaban J connectivity index is 1.35. The number of fused-ring (bicyclic) bond motifs is 2. The third-order valence-electron chi connectivity index (χ3n) is 5.40. The lowest BCUT2D eigenvalue weighted by Gasteiger charge is -2.12. The van der Waals surface area contributed by atoms with Crippen LogP contribution in [0.5, 0.6) is 17.4 Å². The minimum Gasteiger partial charge on any atom is -0.467 e. The van der Waals surface area contributed by atoms with Gasteiger partial charge in [0.15, 0.2) is 23.8 Å². The smallest absolute Gasteiger partial charge is 0.417 e. The Kier molecular flexibility index (Phi) is 5.67. The molecule has 2 aromatic heterocycles. The van der Waals surface area contributed by atoms with Crippen LogP contribution in [0.15, 0.2) is 54.6 Å². The standard InChI is InChI=1S/C24H19F3N4O4/c1-31-23-21(22(30-31)15-5-3-2-4-6-15)16(24(25,26)27)10-20(29-23)33-12-19(32)28-11-14-7-8-17-18(9-14)35-13-34-17/h2-10H,11-13H2,1H3,(H,28,32). The highest BCUT2D eigenvalue weighted by Crippen LogP contribution is 2.40. The number of rotatable bonds is 6. The molecule has 1 N–H and O–H groups in total. The summed E-state index contributed by atoms with van der Waals surface area (Å²) in [5, 5.41) is 6.78. The van der Waals surface area contributed by atoms with Gasteiger partial charge in [-0.1, -0.05) is 36.4 Å². The van der Waals surface area contributed by atoms with Crippen molar-refractivity contribution in [2.45, 2.75) is 12.7 Å². The van der Waals surface area contributed by atoms with Gasteiger partial charge in [-0.3, -0.25) is 4.79 Å². The van der Waals surface area contributed by atoms with Gasteiger partial charge >= 0.3 is 6.18 Å². The number of aryl methyl sites for hydroxylation is 1. The molecule has 8 nitrogen and oxygen atoms in total. The van der Waals surface area contributed by atoms with Crippen LogP contribution in [0.3, 0.4) is 0 Å². The minimum atomic E-state index is -4.69. The van der Waals surface area contributed by atoms with E-state index in [1.165, 1.54) is 11.7 Å². The number of alkyl halides is 3. The zero-order valence-electron chi connectivity index (χ0n) is 18.4. The summed E-state index contributed by atoms with van der Waals surface area (Å²) < 4.78 is 59.1. The van der Waals surface area contributed by atoms with Gasteiger partial charge in [-0.2, -0.15) is 23.3 Å². The van der Waals surface area contributed by atoms with Crippen LogP contribution in [0.2, 0.25) is 0 Å². The number of benzene rings is 2. The maximum atomic E-state index is 14.0. The molecule has 1 aliphatic rings. The number of carbonyl (C=O) groups is 1. The van der Waals surface area contributed by atoms with E-state index in [0.29, 0.717) is 17.1 Å². The Labute approximate surface area is 197 Å². The highest BCUT2D eigenvalue weighted by molar-refractivity contribution is 5.94. The first-order chi connectivity index (χ1) is 16.8. The van der Waals surface area contributed by atoms with Crippen molar-refractivity contribution in [3.05, 3.63) is 65.7 Å². The second kappa shape index (κ2) is 8.82. The van der Waals surface area contributed by atoms with Gasteiger partial charge < -0.3 is 19.5 Å². The topological polar surface area (TPSA) is 87.5 Å². The zero-order valence-corrected chi connectivity index (χ0v) is 18.4. The van der Waals surface area contributed by atoms with Gasteiger partial charge in [-0.15, -0.1) is 0 Å². The molecule has 0 radical (unpaired) electrons. The number of amides is 1. The number of ether oxygens (including phenoxy) is 3. The molecule has 0 spiro atoms. The fourth-order valence-electron chi connectivity index (χ4n) is 3.76. The predicted molar refractivity (Wildman–Crippen MR) is 119 cm³/mol. The molecule has 0 fully saturated rings. The highest BCUT2D eigenvalue weighted by atomic mass is 19.4. The van der Waals surface area contributed by atoms with Crippen molar-refractivity contribution >= 4 is 16.9 Å². The molecule has 0 atom stereocenters. The fourth-order valence-corrected chi connectivity index (χ4v) is 3.76. The first-order valence-electron chi connectivity index (χ1n) is 10.6. The van der Waals surface area contributed by atoms with E-state index < -0.39 is 24.3 Å². The zero-order chi connectivity index (χ0) is 24.6. The molecular weight excluding hydrogens is 465 g/mol. The van der Waals surface area contributed by atoms with Gasteiger partial charge in [-0.25, -0.2) is 4.68 Å². The molecule has 4 aromatic rings. The van der Waals surface area contributed by atoms with Gasteiger partial charge in [0, 0.05) is 25.2 Å². The molecule has 0 saturated carbocycles. The predicted octanol–water partition coefficient (Wildman–Crippen LogP) is 4.08. The normalized spacial score (nSPS) is 12.7. The molecule has 1 amide bonds. The lowest BCUT2D eigenvalue weighted by Crippen LogP contribution is -2.28. The Morgan fingerprint density at radius 2 is 1.89 bits per heavy atom. The first kappa shape index (κ1) is 22.5. The molecule has 2 aromatic carbocycles. The molecule has 0 unspecified atom stereocenters. The van der Waals surface area contributed by atoms with Gasteiger partial charge in [0.25, 0.3) is 5.91 Å². The number of nitrogens with one attached hydrogen (secondary N) is 1. The molecule has 11 heteroatoms. The van der Waals surface area contributed by atoms with Gasteiger partial charge in [0.2, 0.25) is 12.7 Å². The molecule has 0 aliphatic carbocycles. The monoisotopic (exact) mass is 484 g/mol. The second-order valence-electron chi connectivity index (χ2n) is 7.80. The van der Waals surface area contributed by atoms with E-state index in [4.69, 9.17) is 14.2 Å². The molecule has 5 rings (SSSR count). The summed E-state index contributed by atoms with van der Waals surface area (Å²) >= 11 is 0. The summed E-state index contributed by atoms with van der Waals surface area (Å²) in [4.78, 5) is 16.5. The number of halogens is 3. The lowest BCUT2D eigenvalue weighted by molar-refractivity contribution is -0.136. The summed E-state index contributed by atoms with van der Waals surface area (Å²) in [6.07, 6.45) is -4.69. The average molecular weight is 484 g/mol. The van der Waals surface area contributed by atoms with Crippen LogP contribution in [0.4, 0.5) is 13.2 Å². The van der Waals surface area contributed by atoms with E-state index in [0.717, 1.165) is 11.6 Å².